The molecule has 2 nitrogen and oxygen atoms in total. The van der Waals surface area contributed by atoms with Crippen LogP contribution in [-0.4, -0.2) is 12.2 Å². The molecule has 0 fully saturated rings. The van der Waals surface area contributed by atoms with Gasteiger partial charge in [-0.05, 0) is 31.2 Å². The number of hydrogen-bond acceptors (Lipinski definition) is 2. The topological polar surface area (TPSA) is 29.5 Å². The van der Waals surface area contributed by atoms with Crippen LogP contribution in [0.4, 0.5) is 8.78 Å². The van der Waals surface area contributed by atoms with E-state index in [9.17, 15) is 13.9 Å². The molecule has 1 N–H and O–H groups in total. The van der Waals surface area contributed by atoms with E-state index in [1.54, 1.807) is 6.07 Å². The molecule has 2 aromatic carbocycles. The SMILES string of the molecule is COc1ccc(F)cc1C(C)(O)c1ccccc1F. The summed E-state index contributed by atoms with van der Waals surface area (Å²) in [6.07, 6.45) is 0. The molecule has 100 valence electrons. The van der Waals surface area contributed by atoms with Crippen molar-refractivity contribution in [3.8, 4) is 5.75 Å². The summed E-state index contributed by atoms with van der Waals surface area (Å²) >= 11 is 0. The second-order valence-corrected chi connectivity index (χ2v) is 4.40. The minimum atomic E-state index is -1.68. The second-order valence-electron chi connectivity index (χ2n) is 4.40. The number of rotatable bonds is 3. The second kappa shape index (κ2) is 4.97. The Morgan fingerprint density at radius 1 is 1.05 bits per heavy atom. The Morgan fingerprint density at radius 3 is 2.37 bits per heavy atom. The van der Waals surface area contributed by atoms with Crippen molar-refractivity contribution >= 4 is 0 Å². The molecule has 0 amide bonds. The molecule has 0 aromatic heterocycles. The highest BCUT2D eigenvalue weighted by Crippen LogP contribution is 2.36. The maximum atomic E-state index is 13.8. The predicted molar refractivity (Wildman–Crippen MR) is 68.0 cm³/mol. The van der Waals surface area contributed by atoms with Crippen LogP contribution < -0.4 is 4.74 Å². The van der Waals surface area contributed by atoms with Gasteiger partial charge in [0.2, 0.25) is 0 Å². The first-order chi connectivity index (χ1) is 8.96. The molecule has 0 spiro atoms. The minimum Gasteiger partial charge on any atom is -0.496 e. The highest BCUT2D eigenvalue weighted by Gasteiger charge is 2.31. The Balaban J connectivity index is 2.62. The Labute approximate surface area is 110 Å². The van der Waals surface area contributed by atoms with Gasteiger partial charge >= 0.3 is 0 Å². The third kappa shape index (κ3) is 2.44. The van der Waals surface area contributed by atoms with Crippen molar-refractivity contribution in [2.24, 2.45) is 0 Å². The monoisotopic (exact) mass is 264 g/mol. The van der Waals surface area contributed by atoms with E-state index in [-0.39, 0.29) is 11.1 Å². The first-order valence-electron chi connectivity index (χ1n) is 5.78. The summed E-state index contributed by atoms with van der Waals surface area (Å²) in [5.41, 5.74) is -1.43. The van der Waals surface area contributed by atoms with E-state index in [0.717, 1.165) is 6.07 Å². The van der Waals surface area contributed by atoms with E-state index in [2.05, 4.69) is 0 Å². The lowest BCUT2D eigenvalue weighted by Crippen LogP contribution is -2.25. The van der Waals surface area contributed by atoms with Gasteiger partial charge in [-0.1, -0.05) is 18.2 Å². The normalized spacial score (nSPS) is 13.9. The highest BCUT2D eigenvalue weighted by molar-refractivity contribution is 5.44. The Bertz CT molecular complexity index is 594. The highest BCUT2D eigenvalue weighted by atomic mass is 19.1. The van der Waals surface area contributed by atoms with Gasteiger partial charge in [-0.2, -0.15) is 0 Å². The van der Waals surface area contributed by atoms with Crippen LogP contribution in [0.2, 0.25) is 0 Å². The Hall–Kier alpha value is -1.94. The van der Waals surface area contributed by atoms with Crippen LogP contribution in [0.3, 0.4) is 0 Å². The van der Waals surface area contributed by atoms with Crippen molar-refractivity contribution in [1.82, 2.24) is 0 Å². The van der Waals surface area contributed by atoms with Crippen molar-refractivity contribution in [2.75, 3.05) is 7.11 Å². The van der Waals surface area contributed by atoms with E-state index in [1.807, 2.05) is 0 Å². The number of ether oxygens (including phenoxy) is 1. The minimum absolute atomic E-state index is 0.0684. The van der Waals surface area contributed by atoms with Gasteiger partial charge in [-0.3, -0.25) is 0 Å². The van der Waals surface area contributed by atoms with Gasteiger partial charge in [-0.25, -0.2) is 8.78 Å². The fraction of sp³-hybridized carbons (Fsp3) is 0.200. The van der Waals surface area contributed by atoms with Gasteiger partial charge in [0.25, 0.3) is 0 Å². The van der Waals surface area contributed by atoms with E-state index in [0.29, 0.717) is 5.75 Å². The molecule has 0 saturated carbocycles. The standard InChI is InChI=1S/C15H14F2O2/c1-15(18,11-5-3-4-6-13(11)17)12-9-10(16)7-8-14(12)19-2/h3-9,18H,1-2H3. The number of methoxy groups -OCH3 is 1. The van der Waals surface area contributed by atoms with Crippen LogP contribution in [-0.2, 0) is 5.60 Å². The Kier molecular flexibility index (Phi) is 3.53. The zero-order valence-corrected chi connectivity index (χ0v) is 10.7. The molecule has 2 aromatic rings. The van der Waals surface area contributed by atoms with Crippen molar-refractivity contribution in [2.45, 2.75) is 12.5 Å². The maximum Gasteiger partial charge on any atom is 0.129 e. The lowest BCUT2D eigenvalue weighted by atomic mass is 9.87. The van der Waals surface area contributed by atoms with E-state index >= 15 is 0 Å². The van der Waals surface area contributed by atoms with Gasteiger partial charge in [0.1, 0.15) is 23.0 Å². The van der Waals surface area contributed by atoms with Crippen molar-refractivity contribution < 1.29 is 18.6 Å². The van der Waals surface area contributed by atoms with Crippen LogP contribution in [0.1, 0.15) is 18.1 Å². The van der Waals surface area contributed by atoms with Crippen LogP contribution >= 0.6 is 0 Å². The first kappa shape index (κ1) is 13.5. The lowest BCUT2D eigenvalue weighted by molar-refractivity contribution is 0.0944. The Morgan fingerprint density at radius 2 is 1.74 bits per heavy atom. The molecule has 1 unspecified atom stereocenters. The molecule has 0 radical (unpaired) electrons. The summed E-state index contributed by atoms with van der Waals surface area (Å²) in [5.74, 6) is -0.777. The molecule has 0 saturated heterocycles. The third-order valence-electron chi connectivity index (χ3n) is 3.08. The zero-order valence-electron chi connectivity index (χ0n) is 10.7. The molecule has 0 aliphatic carbocycles. The van der Waals surface area contributed by atoms with Gasteiger partial charge in [0, 0.05) is 11.1 Å². The fourth-order valence-corrected chi connectivity index (χ4v) is 2.06. The lowest BCUT2D eigenvalue weighted by Gasteiger charge is -2.26. The number of benzene rings is 2. The summed E-state index contributed by atoms with van der Waals surface area (Å²) in [6.45, 7) is 1.41. The summed E-state index contributed by atoms with van der Waals surface area (Å²) in [5, 5.41) is 10.6. The molecule has 2 rings (SSSR count). The van der Waals surface area contributed by atoms with Crippen molar-refractivity contribution in [3.05, 3.63) is 65.2 Å². The maximum absolute atomic E-state index is 13.8. The largest absolute Gasteiger partial charge is 0.496 e. The molecule has 0 aliphatic heterocycles. The molecule has 0 heterocycles. The van der Waals surface area contributed by atoms with Gasteiger partial charge < -0.3 is 9.84 Å². The smallest absolute Gasteiger partial charge is 0.129 e. The summed E-state index contributed by atoms with van der Waals surface area (Å²) in [6, 6.07) is 9.61. The third-order valence-corrected chi connectivity index (χ3v) is 3.08. The van der Waals surface area contributed by atoms with Gasteiger partial charge in [0.15, 0.2) is 0 Å². The molecule has 0 bridgehead atoms. The zero-order chi connectivity index (χ0) is 14.0. The molecule has 1 atom stereocenters. The summed E-state index contributed by atoms with van der Waals surface area (Å²) in [4.78, 5) is 0. The molecular formula is C15H14F2O2. The van der Waals surface area contributed by atoms with Crippen molar-refractivity contribution in [3.63, 3.8) is 0 Å². The average Bonchev–Trinajstić information content (AvgIpc) is 2.39. The molecule has 0 aliphatic rings. The summed E-state index contributed by atoms with van der Waals surface area (Å²) < 4.78 is 32.3. The predicted octanol–water partition coefficient (Wildman–Crippen LogP) is 3.23. The molecule has 19 heavy (non-hydrogen) atoms. The number of hydrogen-bond donors (Lipinski definition) is 1. The average molecular weight is 264 g/mol. The van der Waals surface area contributed by atoms with Crippen LogP contribution in [0, 0.1) is 11.6 Å². The van der Waals surface area contributed by atoms with Crippen LogP contribution in [0.5, 0.6) is 5.75 Å². The van der Waals surface area contributed by atoms with Crippen molar-refractivity contribution in [1.29, 1.82) is 0 Å². The first-order valence-corrected chi connectivity index (χ1v) is 5.78. The quantitative estimate of drug-likeness (QED) is 0.922. The van der Waals surface area contributed by atoms with Gasteiger partial charge in [-0.15, -0.1) is 0 Å². The number of halogens is 2. The fourth-order valence-electron chi connectivity index (χ4n) is 2.06. The summed E-state index contributed by atoms with van der Waals surface area (Å²) in [7, 11) is 1.41. The van der Waals surface area contributed by atoms with E-state index in [1.165, 1.54) is 44.4 Å². The van der Waals surface area contributed by atoms with Crippen LogP contribution in [0.25, 0.3) is 0 Å². The molecular weight excluding hydrogens is 250 g/mol. The number of aliphatic hydroxyl groups is 1. The van der Waals surface area contributed by atoms with E-state index < -0.39 is 17.2 Å². The van der Waals surface area contributed by atoms with Crippen LogP contribution in [0.15, 0.2) is 42.5 Å². The van der Waals surface area contributed by atoms with E-state index in [4.69, 9.17) is 4.74 Å². The molecule has 4 heteroatoms. The van der Waals surface area contributed by atoms with Gasteiger partial charge in [0.05, 0.1) is 7.11 Å².